The molecule has 1 fully saturated rings. The van der Waals surface area contributed by atoms with Crippen LogP contribution in [0.4, 0.5) is 5.69 Å². The lowest BCUT2D eigenvalue weighted by atomic mass is 10.1. The summed E-state index contributed by atoms with van der Waals surface area (Å²) in [5.74, 6) is 1.45. The molecule has 0 radical (unpaired) electrons. The van der Waals surface area contributed by atoms with Crippen LogP contribution in [0.15, 0.2) is 60.1 Å². The van der Waals surface area contributed by atoms with Gasteiger partial charge < -0.3 is 24.8 Å². The Kier molecular flexibility index (Phi) is 8.30. The molecule has 1 aliphatic rings. The molecule has 4 rings (SSSR count). The highest BCUT2D eigenvalue weighted by molar-refractivity contribution is 7.11. The summed E-state index contributed by atoms with van der Waals surface area (Å²) in [5, 5.41) is 15.1. The minimum atomic E-state index is -0.348. The Balaban J connectivity index is 1.32. The first-order valence-corrected chi connectivity index (χ1v) is 12.2. The van der Waals surface area contributed by atoms with Gasteiger partial charge in [-0.3, -0.25) is 14.5 Å². The van der Waals surface area contributed by atoms with Crippen LogP contribution in [0.1, 0.15) is 16.2 Å². The minimum absolute atomic E-state index is 0.0790. The number of benzene rings is 2. The van der Waals surface area contributed by atoms with Gasteiger partial charge in [-0.25, -0.2) is 4.98 Å². The molecule has 0 aliphatic carbocycles. The summed E-state index contributed by atoms with van der Waals surface area (Å²) >= 11 is 1.32. The minimum Gasteiger partial charge on any atom is -0.494 e. The van der Waals surface area contributed by atoms with E-state index in [0.717, 1.165) is 0 Å². The predicted octanol–water partition coefficient (Wildman–Crippen LogP) is 3.09. The van der Waals surface area contributed by atoms with E-state index in [2.05, 4.69) is 10.3 Å². The number of aliphatic hydroxyl groups is 1. The first-order valence-electron chi connectivity index (χ1n) is 11.3. The molecule has 0 spiro atoms. The van der Waals surface area contributed by atoms with Gasteiger partial charge in [0.25, 0.3) is 5.91 Å². The van der Waals surface area contributed by atoms with Crippen molar-refractivity contribution in [3.05, 3.63) is 65.1 Å². The molecule has 184 valence electrons. The number of ether oxygens (including phenoxy) is 2. The number of carbonyl (C=O) groups excluding carboxylic acids is 2. The smallest absolute Gasteiger partial charge is 0.282 e. The first kappa shape index (κ1) is 24.6. The molecule has 1 atom stereocenters. The highest BCUT2D eigenvalue weighted by Crippen LogP contribution is 2.32. The molecular formula is C25H28N4O5S. The molecule has 35 heavy (non-hydrogen) atoms. The Bertz CT molecular complexity index is 1120. The van der Waals surface area contributed by atoms with E-state index in [0.29, 0.717) is 54.1 Å². The maximum atomic E-state index is 12.8. The molecule has 1 saturated heterocycles. The number of piperazine rings is 1. The van der Waals surface area contributed by atoms with Crippen LogP contribution in [0.5, 0.6) is 17.2 Å². The van der Waals surface area contributed by atoms with Crippen LogP contribution in [0, 0.1) is 0 Å². The van der Waals surface area contributed by atoms with Gasteiger partial charge in [-0.15, -0.1) is 11.3 Å². The number of amides is 2. The average molecular weight is 497 g/mol. The molecular weight excluding hydrogens is 468 g/mol. The summed E-state index contributed by atoms with van der Waals surface area (Å²) in [7, 11) is 1.53. The fourth-order valence-corrected chi connectivity index (χ4v) is 4.54. The van der Waals surface area contributed by atoms with Gasteiger partial charge in [0.2, 0.25) is 5.91 Å². The predicted molar refractivity (Wildman–Crippen MR) is 133 cm³/mol. The SMILES string of the molecule is COc1cc(Oc2ccccc2)ccc1NC(=O)CC(CO)N1CCN(C(=O)c2nccs2)CC1. The van der Waals surface area contributed by atoms with Crippen molar-refractivity contribution in [2.75, 3.05) is 45.2 Å². The standard InChI is InChI=1S/C25H28N4O5S/c1-33-22-16-20(34-19-5-3-2-4-6-19)7-8-21(22)27-23(31)15-18(17-30)28-10-12-29(13-11-28)25(32)24-26-9-14-35-24/h2-9,14,16,18,30H,10-13,15,17H2,1H3,(H,27,31). The van der Waals surface area contributed by atoms with Crippen LogP contribution in [0.2, 0.25) is 0 Å². The third-order valence-corrected chi connectivity index (χ3v) is 6.55. The van der Waals surface area contributed by atoms with Crippen molar-refractivity contribution in [3.8, 4) is 17.2 Å². The highest BCUT2D eigenvalue weighted by Gasteiger charge is 2.28. The van der Waals surface area contributed by atoms with Crippen molar-refractivity contribution in [1.82, 2.24) is 14.8 Å². The summed E-state index contributed by atoms with van der Waals surface area (Å²) in [6, 6.07) is 14.2. The second-order valence-electron chi connectivity index (χ2n) is 8.03. The Labute approximate surface area is 207 Å². The number of nitrogens with zero attached hydrogens (tertiary/aromatic N) is 3. The van der Waals surface area contributed by atoms with Crippen molar-refractivity contribution in [1.29, 1.82) is 0 Å². The molecule has 2 heterocycles. The lowest BCUT2D eigenvalue weighted by Gasteiger charge is -2.38. The number of carbonyl (C=O) groups is 2. The van der Waals surface area contributed by atoms with Gasteiger partial charge >= 0.3 is 0 Å². The third kappa shape index (κ3) is 6.36. The number of aromatic nitrogens is 1. The second-order valence-corrected chi connectivity index (χ2v) is 8.93. The van der Waals surface area contributed by atoms with E-state index in [1.807, 2.05) is 35.2 Å². The lowest BCUT2D eigenvalue weighted by molar-refractivity contribution is -0.118. The molecule has 0 saturated carbocycles. The maximum Gasteiger partial charge on any atom is 0.282 e. The van der Waals surface area contributed by atoms with Crippen LogP contribution in [-0.4, -0.2) is 77.6 Å². The van der Waals surface area contributed by atoms with Gasteiger partial charge in [0.15, 0.2) is 5.01 Å². The number of hydrogen-bond donors (Lipinski definition) is 2. The van der Waals surface area contributed by atoms with Gasteiger partial charge in [-0.2, -0.15) is 0 Å². The molecule has 1 aromatic heterocycles. The number of para-hydroxylation sites is 1. The molecule has 0 bridgehead atoms. The third-order valence-electron chi connectivity index (χ3n) is 5.79. The van der Waals surface area contributed by atoms with Crippen LogP contribution in [0.25, 0.3) is 0 Å². The maximum absolute atomic E-state index is 12.8. The monoisotopic (exact) mass is 496 g/mol. The summed E-state index contributed by atoms with van der Waals surface area (Å²) < 4.78 is 11.3. The number of methoxy groups -OCH3 is 1. The Morgan fingerprint density at radius 2 is 1.89 bits per heavy atom. The lowest BCUT2D eigenvalue weighted by Crippen LogP contribution is -2.53. The molecule has 1 aliphatic heterocycles. The summed E-state index contributed by atoms with van der Waals surface area (Å²) in [4.78, 5) is 33.2. The van der Waals surface area contributed by atoms with E-state index in [-0.39, 0.29) is 30.9 Å². The topological polar surface area (TPSA) is 104 Å². The van der Waals surface area contributed by atoms with Crippen molar-refractivity contribution < 1.29 is 24.2 Å². The van der Waals surface area contributed by atoms with E-state index in [1.165, 1.54) is 18.4 Å². The van der Waals surface area contributed by atoms with Crippen LogP contribution in [-0.2, 0) is 4.79 Å². The molecule has 3 aromatic rings. The normalized spacial score (nSPS) is 14.9. The van der Waals surface area contributed by atoms with E-state index in [9.17, 15) is 14.7 Å². The number of thiazole rings is 1. The molecule has 9 nitrogen and oxygen atoms in total. The van der Waals surface area contributed by atoms with Crippen molar-refractivity contribution >= 4 is 28.8 Å². The highest BCUT2D eigenvalue weighted by atomic mass is 32.1. The fourth-order valence-electron chi connectivity index (χ4n) is 3.94. The molecule has 2 aromatic carbocycles. The summed E-state index contributed by atoms with van der Waals surface area (Å²) in [6.45, 7) is 2.03. The Morgan fingerprint density at radius 3 is 2.54 bits per heavy atom. The number of nitrogens with one attached hydrogen (secondary N) is 1. The van der Waals surface area contributed by atoms with Crippen molar-refractivity contribution in [3.63, 3.8) is 0 Å². The number of anilines is 1. The zero-order valence-corrected chi connectivity index (χ0v) is 20.2. The van der Waals surface area contributed by atoms with Gasteiger partial charge in [0, 0.05) is 56.3 Å². The molecule has 2 amide bonds. The van der Waals surface area contributed by atoms with Crippen LogP contribution in [0.3, 0.4) is 0 Å². The van der Waals surface area contributed by atoms with E-state index >= 15 is 0 Å². The first-order chi connectivity index (χ1) is 17.1. The fraction of sp³-hybridized carbons (Fsp3) is 0.320. The number of hydrogen-bond acceptors (Lipinski definition) is 8. The van der Waals surface area contributed by atoms with E-state index in [1.54, 1.807) is 34.7 Å². The van der Waals surface area contributed by atoms with Crippen molar-refractivity contribution in [2.24, 2.45) is 0 Å². The van der Waals surface area contributed by atoms with Gasteiger partial charge in [-0.05, 0) is 24.3 Å². The number of rotatable bonds is 9. The molecule has 1 unspecified atom stereocenters. The zero-order chi connectivity index (χ0) is 24.6. The van der Waals surface area contributed by atoms with Gasteiger partial charge in [0.1, 0.15) is 17.2 Å². The van der Waals surface area contributed by atoms with E-state index in [4.69, 9.17) is 9.47 Å². The quantitative estimate of drug-likeness (QED) is 0.469. The second kappa shape index (κ2) is 11.8. The zero-order valence-electron chi connectivity index (χ0n) is 19.4. The van der Waals surface area contributed by atoms with Crippen LogP contribution >= 0.6 is 11.3 Å². The van der Waals surface area contributed by atoms with Gasteiger partial charge in [-0.1, -0.05) is 18.2 Å². The number of aliphatic hydroxyl groups excluding tert-OH is 1. The average Bonchev–Trinajstić information content (AvgIpc) is 3.43. The van der Waals surface area contributed by atoms with Gasteiger partial charge in [0.05, 0.1) is 19.4 Å². The Hall–Kier alpha value is -3.47. The summed E-state index contributed by atoms with van der Waals surface area (Å²) in [6.07, 6.45) is 1.73. The largest absolute Gasteiger partial charge is 0.494 e. The summed E-state index contributed by atoms with van der Waals surface area (Å²) in [5.41, 5.74) is 0.522. The van der Waals surface area contributed by atoms with Crippen LogP contribution < -0.4 is 14.8 Å². The molecule has 10 heteroatoms. The van der Waals surface area contributed by atoms with E-state index < -0.39 is 0 Å². The van der Waals surface area contributed by atoms with Crippen molar-refractivity contribution in [2.45, 2.75) is 12.5 Å². The Morgan fingerprint density at radius 1 is 1.11 bits per heavy atom. The molecule has 2 N–H and O–H groups in total.